The number of hydrogen-bond acceptors (Lipinski definition) is 4. The summed E-state index contributed by atoms with van der Waals surface area (Å²) < 4.78 is 7.85. The van der Waals surface area contributed by atoms with Crippen LogP contribution in [0.2, 0.25) is 0 Å². The summed E-state index contributed by atoms with van der Waals surface area (Å²) in [5.74, 6) is 3.76. The van der Waals surface area contributed by atoms with Crippen molar-refractivity contribution in [3.63, 3.8) is 0 Å². The third-order valence-electron chi connectivity index (χ3n) is 7.32. The Balaban J connectivity index is 1.22. The monoisotopic (exact) mass is 425 g/mol. The average molecular weight is 426 g/mol. The average Bonchev–Trinajstić information content (AvgIpc) is 3.63. The molecule has 2 aromatic rings. The molecule has 154 valence electrons. The van der Waals surface area contributed by atoms with Crippen molar-refractivity contribution in [2.75, 3.05) is 7.11 Å². The van der Waals surface area contributed by atoms with Crippen molar-refractivity contribution in [1.29, 1.82) is 0 Å². The molecule has 4 atom stereocenters. The van der Waals surface area contributed by atoms with E-state index in [1.54, 1.807) is 7.11 Å². The van der Waals surface area contributed by atoms with Crippen molar-refractivity contribution in [3.8, 4) is 5.75 Å². The molecule has 4 nitrogen and oxygen atoms in total. The van der Waals surface area contributed by atoms with Crippen molar-refractivity contribution in [2.45, 2.75) is 30.1 Å². The largest absolute Gasteiger partial charge is 0.496 e. The van der Waals surface area contributed by atoms with Gasteiger partial charge in [-0.1, -0.05) is 42.6 Å². The lowest BCUT2D eigenvalue weighted by Gasteiger charge is -2.31. The smallest absolute Gasteiger partial charge is 0.138 e. The van der Waals surface area contributed by atoms with E-state index in [0.717, 1.165) is 35.9 Å². The fraction of sp³-hybridized carbons (Fsp3) is 0.308. The molecular weight excluding hydrogens is 402 g/mol. The Morgan fingerprint density at radius 2 is 2.29 bits per heavy atom. The number of benzene rings is 1. The molecule has 1 fully saturated rings. The van der Waals surface area contributed by atoms with E-state index in [9.17, 15) is 0 Å². The standard InChI is InChI=1S/C26H23N3OS/c1-3-15-10-16(6-7-22(15)30-2)19-13-23-27-8-9-29(23)26(14-21(19)26)31-24-12-18-5-4-17-11-20(17)25(18)28-24/h3-10,14,17,19-20H,1,11-13H2,2H3. The number of allylic oxidation sites excluding steroid dienone is 4. The molecule has 3 heterocycles. The lowest BCUT2D eigenvalue weighted by atomic mass is 9.88. The number of imidazole rings is 1. The first kappa shape index (κ1) is 17.8. The summed E-state index contributed by atoms with van der Waals surface area (Å²) in [7, 11) is 1.71. The van der Waals surface area contributed by atoms with E-state index in [0.29, 0.717) is 11.8 Å². The highest BCUT2D eigenvalue weighted by Gasteiger charge is 2.55. The molecule has 0 radical (unpaired) electrons. The van der Waals surface area contributed by atoms with Gasteiger partial charge in [0.15, 0.2) is 0 Å². The van der Waals surface area contributed by atoms with Crippen molar-refractivity contribution < 1.29 is 4.74 Å². The van der Waals surface area contributed by atoms with Gasteiger partial charge in [0.25, 0.3) is 0 Å². The maximum Gasteiger partial charge on any atom is 0.138 e. The lowest BCUT2D eigenvalue weighted by molar-refractivity contribution is 0.413. The van der Waals surface area contributed by atoms with Crippen LogP contribution in [-0.2, 0) is 11.3 Å². The first-order valence-corrected chi connectivity index (χ1v) is 11.8. The fourth-order valence-electron chi connectivity index (χ4n) is 5.56. The van der Waals surface area contributed by atoms with Crippen molar-refractivity contribution in [2.24, 2.45) is 16.8 Å². The number of thioether (sulfide) groups is 1. The van der Waals surface area contributed by atoms with E-state index in [1.807, 2.05) is 24.0 Å². The normalized spacial score (nSPS) is 31.2. The van der Waals surface area contributed by atoms with Crippen LogP contribution in [0.4, 0.5) is 0 Å². The van der Waals surface area contributed by atoms with Crippen LogP contribution in [0, 0.1) is 11.8 Å². The summed E-state index contributed by atoms with van der Waals surface area (Å²) in [5.41, 5.74) is 6.60. The summed E-state index contributed by atoms with van der Waals surface area (Å²) >= 11 is 1.91. The summed E-state index contributed by atoms with van der Waals surface area (Å²) in [4.78, 5) is 9.67. The Morgan fingerprint density at radius 3 is 3.16 bits per heavy atom. The molecule has 3 aliphatic carbocycles. The van der Waals surface area contributed by atoms with Gasteiger partial charge in [0.05, 0.1) is 12.2 Å². The number of fused-ring (bicyclic) bond motifs is 5. The maximum atomic E-state index is 5.49. The number of ether oxygens (including phenoxy) is 1. The van der Waals surface area contributed by atoms with E-state index in [1.165, 1.54) is 33.9 Å². The first-order chi connectivity index (χ1) is 15.2. The van der Waals surface area contributed by atoms with Gasteiger partial charge in [0.1, 0.15) is 16.4 Å². The van der Waals surface area contributed by atoms with Crippen LogP contribution >= 0.6 is 11.8 Å². The van der Waals surface area contributed by atoms with Gasteiger partial charge in [-0.2, -0.15) is 0 Å². The van der Waals surface area contributed by atoms with Crippen molar-refractivity contribution >= 4 is 22.9 Å². The molecule has 1 aromatic heterocycles. The predicted molar refractivity (Wildman–Crippen MR) is 125 cm³/mol. The van der Waals surface area contributed by atoms with Crippen LogP contribution in [0.3, 0.4) is 0 Å². The number of methoxy groups -OCH3 is 1. The minimum atomic E-state index is -0.150. The van der Waals surface area contributed by atoms with Gasteiger partial charge in [-0.25, -0.2) is 9.98 Å². The number of rotatable bonds is 4. The van der Waals surface area contributed by atoms with Crippen LogP contribution in [0.15, 0.2) is 77.2 Å². The van der Waals surface area contributed by atoms with Crippen LogP contribution in [0.25, 0.3) is 6.08 Å². The topological polar surface area (TPSA) is 39.4 Å². The Morgan fingerprint density at radius 1 is 1.35 bits per heavy atom. The highest BCUT2D eigenvalue weighted by Crippen LogP contribution is 2.63. The quantitative estimate of drug-likeness (QED) is 0.611. The molecule has 0 N–H and O–H groups in total. The Bertz CT molecular complexity index is 1280. The zero-order valence-corrected chi connectivity index (χ0v) is 18.2. The van der Waals surface area contributed by atoms with Gasteiger partial charge in [-0.05, 0) is 47.3 Å². The molecule has 2 aliphatic heterocycles. The summed E-state index contributed by atoms with van der Waals surface area (Å²) in [6.45, 7) is 3.97. The number of hydrogen-bond donors (Lipinski definition) is 0. The minimum absolute atomic E-state index is 0.150. The lowest BCUT2D eigenvalue weighted by Crippen LogP contribution is -2.29. The number of aromatic nitrogens is 2. The van der Waals surface area contributed by atoms with Crippen molar-refractivity contribution in [1.82, 2.24) is 9.55 Å². The third kappa shape index (κ3) is 2.50. The molecule has 31 heavy (non-hydrogen) atoms. The molecule has 0 saturated heterocycles. The summed E-state index contributed by atoms with van der Waals surface area (Å²) in [5, 5.41) is 1.25. The molecule has 1 saturated carbocycles. The summed E-state index contributed by atoms with van der Waals surface area (Å²) in [6, 6.07) is 6.47. The van der Waals surface area contributed by atoms with Gasteiger partial charge >= 0.3 is 0 Å². The molecule has 5 heteroatoms. The second-order valence-corrected chi connectivity index (χ2v) is 10.3. The van der Waals surface area contributed by atoms with E-state index < -0.39 is 0 Å². The SMILES string of the molecule is C=Cc1cc(C2Cc3nccn3C3(SC4=NC5=C(C=CC6CC56)C4)C=C23)ccc1OC. The Kier molecular flexibility index (Phi) is 3.53. The van der Waals surface area contributed by atoms with Crippen LogP contribution < -0.4 is 4.74 Å². The molecule has 5 aliphatic rings. The van der Waals surface area contributed by atoms with Gasteiger partial charge < -0.3 is 9.30 Å². The van der Waals surface area contributed by atoms with Crippen molar-refractivity contribution in [3.05, 3.63) is 89.2 Å². The van der Waals surface area contributed by atoms with E-state index in [2.05, 4.69) is 53.8 Å². The molecule has 7 rings (SSSR count). The molecular formula is C26H23N3OS. The fourth-order valence-corrected chi connectivity index (χ4v) is 7.00. The van der Waals surface area contributed by atoms with Gasteiger partial charge in [0.2, 0.25) is 0 Å². The van der Waals surface area contributed by atoms with Crippen LogP contribution in [-0.4, -0.2) is 21.7 Å². The summed E-state index contributed by atoms with van der Waals surface area (Å²) in [6.07, 6.45) is 16.2. The van der Waals surface area contributed by atoms with Gasteiger partial charge in [-0.3, -0.25) is 0 Å². The molecule has 0 bridgehead atoms. The molecule has 4 unspecified atom stereocenters. The highest BCUT2D eigenvalue weighted by molar-refractivity contribution is 8.15. The van der Waals surface area contributed by atoms with E-state index in [-0.39, 0.29) is 4.87 Å². The maximum absolute atomic E-state index is 5.49. The highest BCUT2D eigenvalue weighted by atomic mass is 32.2. The first-order valence-electron chi connectivity index (χ1n) is 10.9. The third-order valence-corrected chi connectivity index (χ3v) is 8.65. The second-order valence-electron chi connectivity index (χ2n) is 9.03. The van der Waals surface area contributed by atoms with E-state index >= 15 is 0 Å². The molecule has 0 amide bonds. The molecule has 0 spiro atoms. The predicted octanol–water partition coefficient (Wildman–Crippen LogP) is 5.46. The van der Waals surface area contributed by atoms with Crippen LogP contribution in [0.1, 0.15) is 35.7 Å². The minimum Gasteiger partial charge on any atom is -0.496 e. The van der Waals surface area contributed by atoms with E-state index in [4.69, 9.17) is 14.7 Å². The van der Waals surface area contributed by atoms with Gasteiger partial charge in [0, 0.05) is 48.3 Å². The second kappa shape index (κ2) is 6.13. The zero-order chi connectivity index (χ0) is 20.7. The Hall–Kier alpha value is -2.79. The van der Waals surface area contributed by atoms with Gasteiger partial charge in [-0.15, -0.1) is 0 Å². The number of aliphatic imine (C=N–C) groups is 1. The number of nitrogens with zero attached hydrogens (tertiary/aromatic N) is 3. The zero-order valence-electron chi connectivity index (χ0n) is 17.4. The van der Waals surface area contributed by atoms with Crippen LogP contribution in [0.5, 0.6) is 5.75 Å². The Labute approximate surface area is 186 Å². The molecule has 1 aromatic carbocycles.